The van der Waals surface area contributed by atoms with Crippen LogP contribution in [0.4, 0.5) is 0 Å². The number of carboxylic acid groups (broad SMARTS) is 3. The van der Waals surface area contributed by atoms with Crippen molar-refractivity contribution in [2.24, 2.45) is 0 Å². The third-order valence-electron chi connectivity index (χ3n) is 3.19. The van der Waals surface area contributed by atoms with Crippen LogP contribution in [0.3, 0.4) is 0 Å². The zero-order chi connectivity index (χ0) is 18.5. The number of unbranched alkanes of at least 4 members (excludes halogenated alkanes) is 1. The Kier molecular flexibility index (Phi) is 11.6. The minimum Gasteiger partial charge on any atom is -0.480 e. The van der Waals surface area contributed by atoms with E-state index in [2.05, 4.69) is 17.9 Å². The van der Waals surface area contributed by atoms with E-state index in [1.54, 1.807) is 0 Å². The van der Waals surface area contributed by atoms with E-state index in [-0.39, 0.29) is 12.3 Å². The van der Waals surface area contributed by atoms with Crippen LogP contribution in [-0.4, -0.2) is 75.5 Å². The Balaban J connectivity index is 4.35. The van der Waals surface area contributed by atoms with Crippen molar-refractivity contribution in [3.63, 3.8) is 0 Å². The fourth-order valence-corrected chi connectivity index (χ4v) is 2.26. The summed E-state index contributed by atoms with van der Waals surface area (Å²) in [7, 11) is 0. The van der Waals surface area contributed by atoms with Crippen molar-refractivity contribution in [2.45, 2.75) is 38.1 Å². The molecule has 0 spiro atoms. The Bertz CT molecular complexity index is 429. The van der Waals surface area contributed by atoms with Crippen LogP contribution in [0, 0.1) is 0 Å². The molecule has 138 valence electrons. The summed E-state index contributed by atoms with van der Waals surface area (Å²) in [6, 6.07) is -1.20. The molecule has 0 saturated carbocycles. The first-order chi connectivity index (χ1) is 11.3. The summed E-state index contributed by atoms with van der Waals surface area (Å²) in [5.41, 5.74) is 0. The first-order valence-electron chi connectivity index (χ1n) is 7.56. The quantitative estimate of drug-likeness (QED) is 0.212. The average Bonchev–Trinajstić information content (AvgIpc) is 2.46. The number of carbonyl (C=O) groups is 4. The Morgan fingerprint density at radius 2 is 1.54 bits per heavy atom. The number of nitrogens with zero attached hydrogens (tertiary/aromatic N) is 1. The molecule has 10 heteroatoms. The fourth-order valence-electron chi connectivity index (χ4n) is 2.10. The van der Waals surface area contributed by atoms with Gasteiger partial charge in [0.2, 0.25) is 5.91 Å². The molecule has 0 aromatic heterocycles. The van der Waals surface area contributed by atoms with Gasteiger partial charge in [-0.25, -0.2) is 0 Å². The summed E-state index contributed by atoms with van der Waals surface area (Å²) in [5, 5.41) is 29.5. The largest absolute Gasteiger partial charge is 0.480 e. The molecule has 0 heterocycles. The fraction of sp³-hybridized carbons (Fsp3) is 0.714. The molecule has 0 rings (SSSR count). The normalized spacial score (nSPS) is 11.9. The van der Waals surface area contributed by atoms with Crippen LogP contribution in [-0.2, 0) is 19.2 Å². The molecular weight excluding hydrogens is 340 g/mol. The van der Waals surface area contributed by atoms with E-state index < -0.39 is 37.0 Å². The molecule has 0 aromatic carbocycles. The molecular formula is C14H24N2O7S. The first kappa shape index (κ1) is 22.2. The Morgan fingerprint density at radius 1 is 0.958 bits per heavy atom. The molecule has 4 N–H and O–H groups in total. The second kappa shape index (κ2) is 12.6. The number of carbonyl (C=O) groups excluding carboxylic acids is 1. The summed E-state index contributed by atoms with van der Waals surface area (Å²) in [4.78, 5) is 45.1. The summed E-state index contributed by atoms with van der Waals surface area (Å²) in [5.74, 6) is -3.33. The van der Waals surface area contributed by atoms with Crippen LogP contribution in [0.25, 0.3) is 0 Å². The van der Waals surface area contributed by atoms with Gasteiger partial charge in [-0.1, -0.05) is 0 Å². The Hall–Kier alpha value is -1.81. The maximum absolute atomic E-state index is 11.4. The zero-order valence-electron chi connectivity index (χ0n) is 13.3. The lowest BCUT2D eigenvalue weighted by Gasteiger charge is -2.25. The van der Waals surface area contributed by atoms with Gasteiger partial charge in [0.15, 0.2) is 0 Å². The van der Waals surface area contributed by atoms with E-state index in [4.69, 9.17) is 10.2 Å². The van der Waals surface area contributed by atoms with E-state index in [0.717, 1.165) is 4.90 Å². The predicted molar refractivity (Wildman–Crippen MR) is 88.2 cm³/mol. The van der Waals surface area contributed by atoms with Crippen LogP contribution in [0.2, 0.25) is 0 Å². The standard InChI is InChI=1S/C14H24N2O7S/c17-11(5-3-7-24)15-6-2-1-4-10(14(22)23)16(8-12(18)19)9-13(20)21/h10,24H,1-9H2,(H,15,17)(H,18,19)(H,20,21)(H,22,23). The molecule has 0 aliphatic carbocycles. The zero-order valence-corrected chi connectivity index (χ0v) is 14.2. The lowest BCUT2D eigenvalue weighted by molar-refractivity contribution is -0.149. The molecule has 1 amide bonds. The highest BCUT2D eigenvalue weighted by Crippen LogP contribution is 2.09. The summed E-state index contributed by atoms with van der Waals surface area (Å²) >= 11 is 4.00. The van der Waals surface area contributed by atoms with Gasteiger partial charge >= 0.3 is 17.9 Å². The second-order valence-electron chi connectivity index (χ2n) is 5.22. The number of thiol groups is 1. The van der Waals surface area contributed by atoms with Gasteiger partial charge in [-0.2, -0.15) is 12.6 Å². The third kappa shape index (κ3) is 10.8. The molecule has 9 nitrogen and oxygen atoms in total. The highest BCUT2D eigenvalue weighted by molar-refractivity contribution is 7.80. The smallest absolute Gasteiger partial charge is 0.320 e. The van der Waals surface area contributed by atoms with Crippen molar-refractivity contribution < 1.29 is 34.5 Å². The van der Waals surface area contributed by atoms with Gasteiger partial charge in [-0.05, 0) is 31.4 Å². The number of aliphatic carboxylic acids is 3. The van der Waals surface area contributed by atoms with Gasteiger partial charge in [0.25, 0.3) is 0 Å². The van der Waals surface area contributed by atoms with Gasteiger partial charge < -0.3 is 20.6 Å². The maximum atomic E-state index is 11.4. The molecule has 0 aliphatic rings. The van der Waals surface area contributed by atoms with Crippen molar-refractivity contribution >= 4 is 36.4 Å². The molecule has 0 aliphatic heterocycles. The van der Waals surface area contributed by atoms with Crippen LogP contribution in [0.15, 0.2) is 0 Å². The molecule has 1 unspecified atom stereocenters. The number of rotatable bonds is 14. The van der Waals surface area contributed by atoms with E-state index >= 15 is 0 Å². The Labute approximate surface area is 145 Å². The molecule has 0 bridgehead atoms. The highest BCUT2D eigenvalue weighted by Gasteiger charge is 2.28. The highest BCUT2D eigenvalue weighted by atomic mass is 32.1. The molecule has 0 aromatic rings. The van der Waals surface area contributed by atoms with E-state index in [9.17, 15) is 24.3 Å². The molecule has 0 fully saturated rings. The van der Waals surface area contributed by atoms with Crippen LogP contribution in [0.5, 0.6) is 0 Å². The van der Waals surface area contributed by atoms with Crippen LogP contribution in [0.1, 0.15) is 32.1 Å². The van der Waals surface area contributed by atoms with Crippen molar-refractivity contribution in [3.8, 4) is 0 Å². The van der Waals surface area contributed by atoms with Gasteiger partial charge in [-0.3, -0.25) is 24.1 Å². The topological polar surface area (TPSA) is 144 Å². The van der Waals surface area contributed by atoms with Crippen LogP contribution >= 0.6 is 12.6 Å². The van der Waals surface area contributed by atoms with Crippen molar-refractivity contribution in [1.82, 2.24) is 10.2 Å². The summed E-state index contributed by atoms with van der Waals surface area (Å²) < 4.78 is 0. The number of hydrogen-bond donors (Lipinski definition) is 5. The minimum absolute atomic E-state index is 0.0996. The van der Waals surface area contributed by atoms with Crippen LogP contribution < -0.4 is 5.32 Å². The second-order valence-corrected chi connectivity index (χ2v) is 5.67. The lowest BCUT2D eigenvalue weighted by Crippen LogP contribution is -2.46. The van der Waals surface area contributed by atoms with Gasteiger partial charge in [0.1, 0.15) is 6.04 Å². The lowest BCUT2D eigenvalue weighted by atomic mass is 10.1. The maximum Gasteiger partial charge on any atom is 0.320 e. The van der Waals surface area contributed by atoms with Crippen molar-refractivity contribution in [2.75, 3.05) is 25.4 Å². The minimum atomic E-state index is -1.29. The number of nitrogens with one attached hydrogen (secondary N) is 1. The average molecular weight is 364 g/mol. The van der Waals surface area contributed by atoms with Gasteiger partial charge in [0, 0.05) is 13.0 Å². The van der Waals surface area contributed by atoms with Gasteiger partial charge in [-0.15, -0.1) is 0 Å². The SMILES string of the molecule is O=C(O)CN(CC(=O)O)C(CCCCNC(=O)CCCS)C(=O)O. The first-order valence-corrected chi connectivity index (χ1v) is 8.19. The molecule has 0 radical (unpaired) electrons. The molecule has 1 atom stereocenters. The van der Waals surface area contributed by atoms with E-state index in [1.165, 1.54) is 0 Å². The number of hydrogen-bond acceptors (Lipinski definition) is 6. The van der Waals surface area contributed by atoms with Crippen molar-refractivity contribution in [3.05, 3.63) is 0 Å². The van der Waals surface area contributed by atoms with Gasteiger partial charge in [0.05, 0.1) is 13.1 Å². The predicted octanol–water partition coefficient (Wildman–Crippen LogP) is -0.0927. The number of carboxylic acids is 3. The number of amides is 1. The van der Waals surface area contributed by atoms with E-state index in [0.29, 0.717) is 38.0 Å². The van der Waals surface area contributed by atoms with Crippen molar-refractivity contribution in [1.29, 1.82) is 0 Å². The third-order valence-corrected chi connectivity index (χ3v) is 3.51. The summed E-state index contributed by atoms with van der Waals surface area (Å²) in [6.45, 7) is -0.941. The Morgan fingerprint density at radius 3 is 2.00 bits per heavy atom. The van der Waals surface area contributed by atoms with E-state index in [1.807, 2.05) is 0 Å². The molecule has 24 heavy (non-hydrogen) atoms. The monoisotopic (exact) mass is 364 g/mol. The summed E-state index contributed by atoms with van der Waals surface area (Å²) in [6.07, 6.45) is 2.09. The molecule has 0 saturated heterocycles.